The number of amides is 1. The van der Waals surface area contributed by atoms with E-state index in [1.54, 1.807) is 25.1 Å². The topological polar surface area (TPSA) is 102 Å². The fraction of sp³-hybridized carbons (Fsp3) is 0.375. The van der Waals surface area contributed by atoms with E-state index in [2.05, 4.69) is 10.5 Å². The zero-order chi connectivity index (χ0) is 17.9. The predicted octanol–water partition coefficient (Wildman–Crippen LogP) is 0.934. The largest absolute Gasteiger partial charge is 0.379 e. The minimum atomic E-state index is -3.64. The molecule has 1 N–H and O–H groups in total. The molecule has 134 valence electrons. The van der Waals surface area contributed by atoms with E-state index in [9.17, 15) is 13.2 Å². The lowest BCUT2D eigenvalue weighted by atomic mass is 10.2. The van der Waals surface area contributed by atoms with Gasteiger partial charge in [0.2, 0.25) is 10.0 Å². The molecular formula is C16H19N3O5S. The molecule has 25 heavy (non-hydrogen) atoms. The molecule has 1 aliphatic rings. The molecule has 0 bridgehead atoms. The van der Waals surface area contributed by atoms with Gasteiger partial charge in [0, 0.05) is 24.7 Å². The molecule has 3 rings (SSSR count). The van der Waals surface area contributed by atoms with Gasteiger partial charge in [0.25, 0.3) is 5.91 Å². The smallest absolute Gasteiger partial charge is 0.251 e. The summed E-state index contributed by atoms with van der Waals surface area (Å²) in [5.74, 6) is 0.280. The van der Waals surface area contributed by atoms with Crippen LogP contribution in [0.4, 0.5) is 0 Å². The number of nitrogens with zero attached hydrogens (tertiary/aromatic N) is 2. The minimum absolute atomic E-state index is 0.0966. The zero-order valence-electron chi connectivity index (χ0n) is 13.8. The highest BCUT2D eigenvalue weighted by atomic mass is 32.2. The fourth-order valence-electron chi connectivity index (χ4n) is 2.51. The maximum atomic E-state index is 12.7. The molecule has 2 heterocycles. The molecule has 0 spiro atoms. The van der Waals surface area contributed by atoms with E-state index in [4.69, 9.17) is 9.26 Å². The number of sulfonamides is 1. The summed E-state index contributed by atoms with van der Waals surface area (Å²) in [4.78, 5) is 12.4. The first-order valence-electron chi connectivity index (χ1n) is 7.85. The zero-order valence-corrected chi connectivity index (χ0v) is 14.6. The third kappa shape index (κ3) is 4.06. The number of hydrogen-bond acceptors (Lipinski definition) is 6. The first-order valence-corrected chi connectivity index (χ1v) is 9.29. The number of aryl methyl sites for hydroxylation is 1. The van der Waals surface area contributed by atoms with Gasteiger partial charge in [-0.05, 0) is 25.1 Å². The maximum absolute atomic E-state index is 12.7. The number of hydrogen-bond donors (Lipinski definition) is 1. The van der Waals surface area contributed by atoms with Crippen molar-refractivity contribution in [1.82, 2.24) is 14.8 Å². The van der Waals surface area contributed by atoms with Crippen molar-refractivity contribution in [3.8, 4) is 0 Å². The van der Waals surface area contributed by atoms with Gasteiger partial charge in [0.05, 0.1) is 24.7 Å². The number of rotatable bonds is 5. The summed E-state index contributed by atoms with van der Waals surface area (Å²) >= 11 is 0. The molecule has 1 aromatic carbocycles. The van der Waals surface area contributed by atoms with E-state index in [0.717, 1.165) is 0 Å². The Morgan fingerprint density at radius 1 is 1.28 bits per heavy atom. The molecule has 1 fully saturated rings. The highest BCUT2D eigenvalue weighted by Gasteiger charge is 2.26. The summed E-state index contributed by atoms with van der Waals surface area (Å²) in [6.07, 6.45) is 0. The summed E-state index contributed by atoms with van der Waals surface area (Å²) in [5.41, 5.74) is 0.873. The highest BCUT2D eigenvalue weighted by Crippen LogP contribution is 2.18. The van der Waals surface area contributed by atoms with Gasteiger partial charge in [-0.2, -0.15) is 4.31 Å². The number of nitrogens with one attached hydrogen (secondary N) is 1. The van der Waals surface area contributed by atoms with Crippen molar-refractivity contribution in [2.24, 2.45) is 0 Å². The van der Waals surface area contributed by atoms with Crippen LogP contribution in [-0.4, -0.2) is 50.1 Å². The van der Waals surface area contributed by atoms with E-state index in [1.165, 1.54) is 16.4 Å². The fourth-order valence-corrected chi connectivity index (χ4v) is 3.96. The van der Waals surface area contributed by atoms with Crippen LogP contribution in [0.2, 0.25) is 0 Å². The molecule has 1 aliphatic heterocycles. The van der Waals surface area contributed by atoms with Crippen LogP contribution < -0.4 is 5.32 Å². The van der Waals surface area contributed by atoms with Crippen LogP contribution in [0, 0.1) is 6.92 Å². The number of carbonyl (C=O) groups excluding carboxylic acids is 1. The molecule has 0 atom stereocenters. The average Bonchev–Trinajstić information content (AvgIpc) is 3.06. The molecule has 1 aromatic heterocycles. The number of morpholine rings is 1. The Kier molecular flexibility index (Phi) is 5.16. The summed E-state index contributed by atoms with van der Waals surface area (Å²) in [6.45, 7) is 3.33. The Balaban J connectivity index is 1.73. The van der Waals surface area contributed by atoms with Crippen LogP contribution in [0.5, 0.6) is 0 Å². The molecule has 0 saturated carbocycles. The second kappa shape index (κ2) is 7.34. The molecular weight excluding hydrogens is 346 g/mol. The lowest BCUT2D eigenvalue weighted by Crippen LogP contribution is -2.40. The average molecular weight is 365 g/mol. The van der Waals surface area contributed by atoms with Crippen LogP contribution in [-0.2, 0) is 21.3 Å². The van der Waals surface area contributed by atoms with Crippen molar-refractivity contribution < 1.29 is 22.5 Å². The van der Waals surface area contributed by atoms with E-state index in [1.807, 2.05) is 0 Å². The molecule has 1 amide bonds. The quantitative estimate of drug-likeness (QED) is 0.846. The van der Waals surface area contributed by atoms with Gasteiger partial charge in [0.15, 0.2) is 0 Å². The van der Waals surface area contributed by atoms with Crippen molar-refractivity contribution in [3.05, 3.63) is 47.3 Å². The summed E-state index contributed by atoms with van der Waals surface area (Å²) in [6, 6.07) is 7.72. The predicted molar refractivity (Wildman–Crippen MR) is 88.4 cm³/mol. The van der Waals surface area contributed by atoms with Crippen LogP contribution in [0.25, 0.3) is 0 Å². The lowest BCUT2D eigenvalue weighted by molar-refractivity contribution is 0.0730. The van der Waals surface area contributed by atoms with Crippen molar-refractivity contribution in [2.75, 3.05) is 26.3 Å². The van der Waals surface area contributed by atoms with Crippen molar-refractivity contribution >= 4 is 15.9 Å². The van der Waals surface area contributed by atoms with Gasteiger partial charge in [0.1, 0.15) is 11.5 Å². The third-order valence-corrected chi connectivity index (χ3v) is 5.71. The molecule has 8 nitrogen and oxygen atoms in total. The van der Waals surface area contributed by atoms with Crippen molar-refractivity contribution in [3.63, 3.8) is 0 Å². The highest BCUT2D eigenvalue weighted by molar-refractivity contribution is 7.89. The van der Waals surface area contributed by atoms with Crippen LogP contribution >= 0.6 is 0 Å². The Labute approximate surface area is 145 Å². The van der Waals surface area contributed by atoms with Crippen LogP contribution in [0.3, 0.4) is 0 Å². The second-order valence-corrected chi connectivity index (χ2v) is 7.59. The van der Waals surface area contributed by atoms with E-state index in [0.29, 0.717) is 37.8 Å². The summed E-state index contributed by atoms with van der Waals surface area (Å²) < 4.78 is 36.8. The van der Waals surface area contributed by atoms with E-state index < -0.39 is 10.0 Å². The van der Waals surface area contributed by atoms with E-state index in [-0.39, 0.29) is 22.9 Å². The normalized spacial score (nSPS) is 15.9. The third-order valence-electron chi connectivity index (χ3n) is 3.81. The number of aromatic nitrogens is 1. The molecule has 0 unspecified atom stereocenters. The Bertz CT molecular complexity index is 856. The number of ether oxygens (including phenoxy) is 1. The Morgan fingerprint density at radius 2 is 2.04 bits per heavy atom. The monoisotopic (exact) mass is 365 g/mol. The Hall–Kier alpha value is -2.23. The van der Waals surface area contributed by atoms with Crippen LogP contribution in [0.1, 0.15) is 21.8 Å². The second-order valence-electron chi connectivity index (χ2n) is 5.66. The maximum Gasteiger partial charge on any atom is 0.251 e. The van der Waals surface area contributed by atoms with E-state index >= 15 is 0 Å². The van der Waals surface area contributed by atoms with Gasteiger partial charge in [-0.3, -0.25) is 4.79 Å². The molecule has 0 radical (unpaired) electrons. The molecule has 9 heteroatoms. The van der Waals surface area contributed by atoms with Gasteiger partial charge >= 0.3 is 0 Å². The summed E-state index contributed by atoms with van der Waals surface area (Å²) in [7, 11) is -3.64. The molecule has 1 saturated heterocycles. The first-order chi connectivity index (χ1) is 12.0. The SMILES string of the molecule is Cc1cc(CNC(=O)c2cccc(S(=O)(=O)N3CCOCC3)c2)no1. The van der Waals surface area contributed by atoms with Gasteiger partial charge in [-0.1, -0.05) is 11.2 Å². The molecule has 0 aliphatic carbocycles. The first kappa shape index (κ1) is 17.6. The lowest BCUT2D eigenvalue weighted by Gasteiger charge is -2.26. The van der Waals surface area contributed by atoms with Gasteiger partial charge < -0.3 is 14.6 Å². The minimum Gasteiger partial charge on any atom is -0.379 e. The van der Waals surface area contributed by atoms with Crippen molar-refractivity contribution in [2.45, 2.75) is 18.4 Å². The van der Waals surface area contributed by atoms with Gasteiger partial charge in [-0.15, -0.1) is 0 Å². The van der Waals surface area contributed by atoms with Gasteiger partial charge in [-0.25, -0.2) is 8.42 Å². The molecule has 2 aromatic rings. The number of benzene rings is 1. The number of carbonyl (C=O) groups is 1. The summed E-state index contributed by atoms with van der Waals surface area (Å²) in [5, 5.41) is 6.49. The van der Waals surface area contributed by atoms with Crippen LogP contribution in [0.15, 0.2) is 39.8 Å². The standard InChI is InChI=1S/C16H19N3O5S/c1-12-9-14(18-24-12)11-17-16(20)13-3-2-4-15(10-13)25(21,22)19-5-7-23-8-6-19/h2-4,9-10H,5-8,11H2,1H3,(H,17,20). The van der Waals surface area contributed by atoms with Crippen molar-refractivity contribution in [1.29, 1.82) is 0 Å². The Morgan fingerprint density at radius 3 is 2.72 bits per heavy atom.